The summed E-state index contributed by atoms with van der Waals surface area (Å²) in [6.07, 6.45) is 0. The summed E-state index contributed by atoms with van der Waals surface area (Å²) in [5.74, 6) is 0. The van der Waals surface area contributed by atoms with Gasteiger partial charge in [-0.15, -0.1) is 11.3 Å². The highest BCUT2D eigenvalue weighted by atomic mass is 79.9. The van der Waals surface area contributed by atoms with E-state index in [2.05, 4.69) is 68.1 Å². The minimum Gasteiger partial charge on any atom is -0.278 e. The van der Waals surface area contributed by atoms with Crippen LogP contribution in [0, 0.1) is 6.92 Å². The second-order valence-electron chi connectivity index (χ2n) is 6.31. The van der Waals surface area contributed by atoms with Crippen molar-refractivity contribution in [3.63, 3.8) is 0 Å². The summed E-state index contributed by atoms with van der Waals surface area (Å²) in [6.45, 7) is 4.64. The molecular weight excluding hydrogens is 422 g/mol. The summed E-state index contributed by atoms with van der Waals surface area (Å²) in [7, 11) is 0. The Morgan fingerprint density at radius 2 is 1.96 bits per heavy atom. The molecule has 0 bridgehead atoms. The van der Waals surface area contributed by atoms with Gasteiger partial charge in [0.15, 0.2) is 0 Å². The Hall–Kier alpha value is -2.51. The molecule has 1 aliphatic rings. The molecule has 136 valence electrons. The third-order valence-corrected chi connectivity index (χ3v) is 5.56. The lowest BCUT2D eigenvalue weighted by Crippen LogP contribution is -2.19. The second-order valence-corrected chi connectivity index (χ2v) is 8.06. The topological polar surface area (TPSA) is 52.9 Å². The first kappa shape index (κ1) is 17.9. The predicted molar refractivity (Wildman–Crippen MR) is 118 cm³/mol. The molecule has 1 N–H and O–H groups in total. The zero-order valence-electron chi connectivity index (χ0n) is 15.0. The molecule has 0 radical (unpaired) electrons. The van der Waals surface area contributed by atoms with Crippen LogP contribution in [0.4, 0.5) is 10.8 Å². The van der Waals surface area contributed by atoms with E-state index < -0.39 is 0 Å². The Balaban J connectivity index is 1.48. The molecule has 5 nitrogen and oxygen atoms in total. The average molecular weight is 440 g/mol. The Morgan fingerprint density at radius 3 is 2.74 bits per heavy atom. The Morgan fingerprint density at radius 1 is 1.15 bits per heavy atom. The first-order valence-electron chi connectivity index (χ1n) is 8.52. The number of anilines is 2. The SMILES string of the molecule is CC1=NN(c2nc(-c3ccc(Br)cc3)cs2)C/C1=N\Nc1cccc(C)c1. The van der Waals surface area contributed by atoms with Crippen molar-refractivity contribution >= 4 is 49.5 Å². The predicted octanol–water partition coefficient (Wildman–Crippen LogP) is 5.55. The number of nitrogens with zero attached hydrogens (tertiary/aromatic N) is 4. The highest BCUT2D eigenvalue weighted by Crippen LogP contribution is 2.29. The van der Waals surface area contributed by atoms with Crippen molar-refractivity contribution in [3.8, 4) is 11.3 Å². The summed E-state index contributed by atoms with van der Waals surface area (Å²) in [5, 5.41) is 14.0. The summed E-state index contributed by atoms with van der Waals surface area (Å²) >= 11 is 5.05. The van der Waals surface area contributed by atoms with Crippen LogP contribution in [-0.4, -0.2) is 23.0 Å². The molecule has 4 rings (SSSR count). The molecule has 0 atom stereocenters. The van der Waals surface area contributed by atoms with Crippen LogP contribution >= 0.6 is 27.3 Å². The highest BCUT2D eigenvalue weighted by molar-refractivity contribution is 9.10. The van der Waals surface area contributed by atoms with Gasteiger partial charge in [0, 0.05) is 15.4 Å². The molecule has 2 heterocycles. The van der Waals surface area contributed by atoms with Crippen molar-refractivity contribution in [1.29, 1.82) is 0 Å². The van der Waals surface area contributed by atoms with E-state index in [1.165, 1.54) is 5.56 Å². The van der Waals surface area contributed by atoms with Crippen LogP contribution < -0.4 is 10.4 Å². The number of thiazole rings is 1. The van der Waals surface area contributed by atoms with E-state index in [4.69, 9.17) is 4.98 Å². The molecule has 0 fully saturated rings. The molecule has 3 aromatic rings. The number of rotatable bonds is 4. The minimum absolute atomic E-state index is 0.609. The van der Waals surface area contributed by atoms with E-state index in [0.29, 0.717) is 6.54 Å². The molecule has 0 spiro atoms. The Kier molecular flexibility index (Phi) is 5.05. The van der Waals surface area contributed by atoms with Crippen molar-refractivity contribution in [3.05, 3.63) is 63.9 Å². The normalized spacial score (nSPS) is 15.3. The van der Waals surface area contributed by atoms with E-state index in [1.54, 1.807) is 11.3 Å². The average Bonchev–Trinajstić information content (AvgIpc) is 3.28. The quantitative estimate of drug-likeness (QED) is 0.542. The number of benzene rings is 2. The molecule has 0 unspecified atom stereocenters. The van der Waals surface area contributed by atoms with Crippen LogP contribution in [-0.2, 0) is 0 Å². The molecular formula is C20H18BrN5S. The third kappa shape index (κ3) is 4.09. The van der Waals surface area contributed by atoms with Gasteiger partial charge in [0.2, 0.25) is 5.13 Å². The van der Waals surface area contributed by atoms with Crippen LogP contribution in [0.15, 0.2) is 68.6 Å². The summed E-state index contributed by atoms with van der Waals surface area (Å²) < 4.78 is 1.06. The fraction of sp³-hybridized carbons (Fsp3) is 0.150. The Bertz CT molecular complexity index is 1020. The third-order valence-electron chi connectivity index (χ3n) is 4.18. The molecule has 0 aliphatic carbocycles. The van der Waals surface area contributed by atoms with Crippen molar-refractivity contribution in [2.75, 3.05) is 17.0 Å². The maximum atomic E-state index is 4.74. The number of aromatic nitrogens is 1. The number of hydrazone groups is 2. The van der Waals surface area contributed by atoms with Gasteiger partial charge in [-0.2, -0.15) is 10.2 Å². The van der Waals surface area contributed by atoms with E-state index in [0.717, 1.165) is 38.0 Å². The summed E-state index contributed by atoms with van der Waals surface area (Å²) in [5.41, 5.74) is 9.16. The molecule has 27 heavy (non-hydrogen) atoms. The highest BCUT2D eigenvalue weighted by Gasteiger charge is 2.22. The second kappa shape index (κ2) is 7.62. The zero-order chi connectivity index (χ0) is 18.8. The van der Waals surface area contributed by atoms with Crippen molar-refractivity contribution in [2.45, 2.75) is 13.8 Å². The number of aryl methyl sites for hydroxylation is 1. The first-order chi connectivity index (χ1) is 13.1. The molecule has 2 aromatic carbocycles. The molecule has 0 amide bonds. The monoisotopic (exact) mass is 439 g/mol. The van der Waals surface area contributed by atoms with Gasteiger partial charge < -0.3 is 0 Å². The Labute approximate surface area is 170 Å². The van der Waals surface area contributed by atoms with E-state index in [9.17, 15) is 0 Å². The van der Waals surface area contributed by atoms with Gasteiger partial charge in [-0.05, 0) is 43.7 Å². The van der Waals surface area contributed by atoms with Gasteiger partial charge in [-0.1, -0.05) is 40.2 Å². The van der Waals surface area contributed by atoms with Crippen LogP contribution in [0.2, 0.25) is 0 Å². The van der Waals surface area contributed by atoms with Crippen LogP contribution in [0.1, 0.15) is 12.5 Å². The minimum atomic E-state index is 0.609. The summed E-state index contributed by atoms with van der Waals surface area (Å²) in [4.78, 5) is 4.74. The number of hydrogen-bond donors (Lipinski definition) is 1. The van der Waals surface area contributed by atoms with Crippen molar-refractivity contribution in [1.82, 2.24) is 4.98 Å². The fourth-order valence-electron chi connectivity index (χ4n) is 2.74. The van der Waals surface area contributed by atoms with Crippen molar-refractivity contribution < 1.29 is 0 Å². The van der Waals surface area contributed by atoms with Crippen LogP contribution in [0.3, 0.4) is 0 Å². The molecule has 1 aliphatic heterocycles. The maximum absolute atomic E-state index is 4.74. The number of halogens is 1. The van der Waals surface area contributed by atoms with Crippen LogP contribution in [0.25, 0.3) is 11.3 Å². The van der Waals surface area contributed by atoms with Gasteiger partial charge in [0.25, 0.3) is 0 Å². The van der Waals surface area contributed by atoms with E-state index in [-0.39, 0.29) is 0 Å². The van der Waals surface area contributed by atoms with E-state index >= 15 is 0 Å². The van der Waals surface area contributed by atoms with E-state index in [1.807, 2.05) is 36.2 Å². The zero-order valence-corrected chi connectivity index (χ0v) is 17.4. The van der Waals surface area contributed by atoms with Crippen molar-refractivity contribution in [2.24, 2.45) is 10.2 Å². The molecule has 7 heteroatoms. The van der Waals surface area contributed by atoms with Gasteiger partial charge in [0.05, 0.1) is 23.6 Å². The molecule has 0 saturated carbocycles. The largest absolute Gasteiger partial charge is 0.278 e. The van der Waals surface area contributed by atoms with Gasteiger partial charge in [-0.3, -0.25) is 5.43 Å². The lowest BCUT2D eigenvalue weighted by molar-refractivity contribution is 0.981. The fourth-order valence-corrected chi connectivity index (χ4v) is 3.79. The van der Waals surface area contributed by atoms with Gasteiger partial charge in [0.1, 0.15) is 5.71 Å². The smallest absolute Gasteiger partial charge is 0.206 e. The first-order valence-corrected chi connectivity index (χ1v) is 10.2. The molecule has 0 saturated heterocycles. The standard InChI is InChI=1S/C20H18BrN5S/c1-13-4-3-5-17(10-13)23-24-18-11-26(25-14(18)2)20-22-19(12-27-20)15-6-8-16(21)9-7-15/h3-10,12,23H,11H2,1-2H3/b24-18+. The lowest BCUT2D eigenvalue weighted by atomic mass is 10.2. The van der Waals surface area contributed by atoms with Crippen LogP contribution in [0.5, 0.6) is 0 Å². The van der Waals surface area contributed by atoms with Gasteiger partial charge in [-0.25, -0.2) is 9.99 Å². The lowest BCUT2D eigenvalue weighted by Gasteiger charge is -2.08. The molecule has 1 aromatic heterocycles. The number of nitrogens with one attached hydrogen (secondary N) is 1. The maximum Gasteiger partial charge on any atom is 0.206 e. The van der Waals surface area contributed by atoms with Gasteiger partial charge >= 0.3 is 0 Å². The summed E-state index contributed by atoms with van der Waals surface area (Å²) in [6, 6.07) is 16.3. The number of hydrogen-bond acceptors (Lipinski definition) is 6.